The van der Waals surface area contributed by atoms with Crippen molar-refractivity contribution in [2.45, 2.75) is 6.04 Å². The minimum atomic E-state index is -0.212. The van der Waals surface area contributed by atoms with Crippen molar-refractivity contribution < 1.29 is 9.13 Å². The zero-order valence-corrected chi connectivity index (χ0v) is 12.6. The maximum absolute atomic E-state index is 13.3. The Morgan fingerprint density at radius 2 is 2.10 bits per heavy atom. The number of fused-ring (bicyclic) bond motifs is 1. The van der Waals surface area contributed by atoms with Gasteiger partial charge in [-0.05, 0) is 48.3 Å². The molecule has 1 N–H and O–H groups in total. The van der Waals surface area contributed by atoms with Crippen LogP contribution in [0.5, 0.6) is 5.75 Å². The number of thiophene rings is 1. The van der Waals surface area contributed by atoms with E-state index in [0.29, 0.717) is 0 Å². The Balaban J connectivity index is 2.04. The minimum Gasteiger partial charge on any atom is -0.495 e. The van der Waals surface area contributed by atoms with Gasteiger partial charge in [0.1, 0.15) is 11.6 Å². The molecule has 0 radical (unpaired) electrons. The third-order valence-electron chi connectivity index (χ3n) is 3.37. The predicted octanol–water partition coefficient (Wildman–Crippen LogP) is 3.75. The van der Waals surface area contributed by atoms with Crippen molar-refractivity contribution in [1.82, 2.24) is 10.3 Å². The standard InChI is InChI=1S/C16H15FN2OS/c1-18-16(11-6-13(20-2)9-19-8-11)15-7-10-5-12(17)3-4-14(10)21-15/h3-9,16,18H,1-2H3. The van der Waals surface area contributed by atoms with Crippen LogP contribution >= 0.6 is 11.3 Å². The number of nitrogens with zero attached hydrogens (tertiary/aromatic N) is 1. The molecule has 0 spiro atoms. The van der Waals surface area contributed by atoms with E-state index in [2.05, 4.69) is 10.3 Å². The molecule has 3 aromatic rings. The molecule has 1 unspecified atom stereocenters. The number of hydrogen-bond acceptors (Lipinski definition) is 4. The second-order valence-corrected chi connectivity index (χ2v) is 5.83. The molecule has 3 rings (SSSR count). The third-order valence-corrected chi connectivity index (χ3v) is 4.55. The molecule has 0 saturated carbocycles. The normalized spacial score (nSPS) is 12.5. The van der Waals surface area contributed by atoms with Crippen LogP contribution in [0.4, 0.5) is 4.39 Å². The molecule has 3 nitrogen and oxygen atoms in total. The van der Waals surface area contributed by atoms with Crippen LogP contribution in [0.3, 0.4) is 0 Å². The highest BCUT2D eigenvalue weighted by Gasteiger charge is 2.16. The van der Waals surface area contributed by atoms with E-state index in [0.717, 1.165) is 26.3 Å². The molecule has 1 atom stereocenters. The summed E-state index contributed by atoms with van der Waals surface area (Å²) in [5.74, 6) is 0.510. The lowest BCUT2D eigenvalue weighted by Gasteiger charge is -2.15. The Morgan fingerprint density at radius 3 is 2.86 bits per heavy atom. The van der Waals surface area contributed by atoms with Crippen LogP contribution in [0.15, 0.2) is 42.7 Å². The maximum atomic E-state index is 13.3. The molecule has 2 heterocycles. The molecule has 0 bridgehead atoms. The number of hydrogen-bond donors (Lipinski definition) is 1. The van der Waals surface area contributed by atoms with Crippen molar-refractivity contribution in [3.63, 3.8) is 0 Å². The number of rotatable bonds is 4. The van der Waals surface area contributed by atoms with Gasteiger partial charge in [0.25, 0.3) is 0 Å². The highest BCUT2D eigenvalue weighted by atomic mass is 32.1. The number of methoxy groups -OCH3 is 1. The first kappa shape index (κ1) is 14.0. The molecule has 1 aromatic carbocycles. The lowest BCUT2D eigenvalue weighted by Crippen LogP contribution is -2.16. The smallest absolute Gasteiger partial charge is 0.137 e. The highest BCUT2D eigenvalue weighted by Crippen LogP contribution is 2.33. The maximum Gasteiger partial charge on any atom is 0.137 e. The fraction of sp³-hybridized carbons (Fsp3) is 0.188. The summed E-state index contributed by atoms with van der Waals surface area (Å²) in [6.07, 6.45) is 3.49. The summed E-state index contributed by atoms with van der Waals surface area (Å²) < 4.78 is 19.6. The second-order valence-electron chi connectivity index (χ2n) is 4.71. The predicted molar refractivity (Wildman–Crippen MR) is 83.5 cm³/mol. The van der Waals surface area contributed by atoms with Gasteiger partial charge in [0, 0.05) is 15.8 Å². The van der Waals surface area contributed by atoms with Gasteiger partial charge in [0.15, 0.2) is 0 Å². The van der Waals surface area contributed by atoms with E-state index in [1.54, 1.807) is 30.7 Å². The van der Waals surface area contributed by atoms with Gasteiger partial charge in [0.05, 0.1) is 19.3 Å². The SMILES string of the molecule is CNC(c1cncc(OC)c1)c1cc2cc(F)ccc2s1. The molecule has 2 aromatic heterocycles. The summed E-state index contributed by atoms with van der Waals surface area (Å²) in [5, 5.41) is 4.20. The van der Waals surface area contributed by atoms with E-state index in [9.17, 15) is 4.39 Å². The van der Waals surface area contributed by atoms with E-state index >= 15 is 0 Å². The Labute approximate surface area is 126 Å². The fourth-order valence-electron chi connectivity index (χ4n) is 2.36. The number of pyridine rings is 1. The zero-order chi connectivity index (χ0) is 14.8. The Bertz CT molecular complexity index is 772. The largest absolute Gasteiger partial charge is 0.495 e. The van der Waals surface area contributed by atoms with Gasteiger partial charge in [-0.3, -0.25) is 4.98 Å². The number of nitrogens with one attached hydrogen (secondary N) is 1. The lowest BCUT2D eigenvalue weighted by molar-refractivity contribution is 0.411. The topological polar surface area (TPSA) is 34.2 Å². The van der Waals surface area contributed by atoms with Gasteiger partial charge in [-0.15, -0.1) is 11.3 Å². The first-order chi connectivity index (χ1) is 10.2. The molecule has 0 amide bonds. The Kier molecular flexibility index (Phi) is 3.86. The van der Waals surface area contributed by atoms with E-state index in [-0.39, 0.29) is 11.9 Å². The molecule has 21 heavy (non-hydrogen) atoms. The average Bonchev–Trinajstić information content (AvgIpc) is 2.91. The van der Waals surface area contributed by atoms with Gasteiger partial charge in [0.2, 0.25) is 0 Å². The molecule has 0 aliphatic heterocycles. The first-order valence-electron chi connectivity index (χ1n) is 6.56. The molecule has 0 saturated heterocycles. The number of benzene rings is 1. The van der Waals surface area contributed by atoms with Crippen molar-refractivity contribution in [2.75, 3.05) is 14.2 Å². The van der Waals surface area contributed by atoms with Crippen LogP contribution in [0.1, 0.15) is 16.5 Å². The molecule has 0 aliphatic carbocycles. The van der Waals surface area contributed by atoms with E-state index in [4.69, 9.17) is 4.74 Å². The monoisotopic (exact) mass is 302 g/mol. The van der Waals surface area contributed by atoms with Gasteiger partial charge in [-0.25, -0.2) is 4.39 Å². The number of aromatic nitrogens is 1. The molecule has 108 valence electrons. The summed E-state index contributed by atoms with van der Waals surface area (Å²) in [6.45, 7) is 0. The quantitative estimate of drug-likeness (QED) is 0.797. The average molecular weight is 302 g/mol. The fourth-order valence-corrected chi connectivity index (χ4v) is 3.54. The van der Waals surface area contributed by atoms with E-state index in [1.165, 1.54) is 6.07 Å². The van der Waals surface area contributed by atoms with Crippen LogP contribution < -0.4 is 10.1 Å². The van der Waals surface area contributed by atoms with E-state index in [1.807, 2.05) is 31.4 Å². The second kappa shape index (κ2) is 5.79. The van der Waals surface area contributed by atoms with Crippen molar-refractivity contribution in [2.24, 2.45) is 0 Å². The zero-order valence-electron chi connectivity index (χ0n) is 11.8. The summed E-state index contributed by atoms with van der Waals surface area (Å²) in [7, 11) is 3.52. The summed E-state index contributed by atoms with van der Waals surface area (Å²) in [6, 6.07) is 8.85. The van der Waals surface area contributed by atoms with Gasteiger partial charge in [-0.2, -0.15) is 0 Å². The van der Waals surface area contributed by atoms with Crippen LogP contribution in [0, 0.1) is 5.82 Å². The highest BCUT2D eigenvalue weighted by molar-refractivity contribution is 7.19. The molecule has 0 aliphatic rings. The summed E-state index contributed by atoms with van der Waals surface area (Å²) >= 11 is 1.65. The van der Waals surface area contributed by atoms with Gasteiger partial charge < -0.3 is 10.1 Å². The van der Waals surface area contributed by atoms with E-state index < -0.39 is 0 Å². The number of ether oxygens (including phenoxy) is 1. The van der Waals surface area contributed by atoms with Crippen LogP contribution in [0.2, 0.25) is 0 Å². The summed E-state index contributed by atoms with van der Waals surface area (Å²) in [4.78, 5) is 5.32. The van der Waals surface area contributed by atoms with Crippen molar-refractivity contribution >= 4 is 21.4 Å². The van der Waals surface area contributed by atoms with Crippen LogP contribution in [0.25, 0.3) is 10.1 Å². The number of halogens is 1. The Hall–Kier alpha value is -1.98. The van der Waals surface area contributed by atoms with Crippen molar-refractivity contribution in [1.29, 1.82) is 0 Å². The van der Waals surface area contributed by atoms with Crippen molar-refractivity contribution in [3.05, 3.63) is 59.0 Å². The molecular weight excluding hydrogens is 287 g/mol. The first-order valence-corrected chi connectivity index (χ1v) is 7.38. The molecule has 0 fully saturated rings. The molecular formula is C16H15FN2OS. The van der Waals surface area contributed by atoms with Crippen molar-refractivity contribution in [3.8, 4) is 5.75 Å². The summed E-state index contributed by atoms with van der Waals surface area (Å²) in [5.41, 5.74) is 1.02. The third kappa shape index (κ3) is 2.75. The van der Waals surface area contributed by atoms with Crippen LogP contribution in [-0.2, 0) is 0 Å². The van der Waals surface area contributed by atoms with Gasteiger partial charge >= 0.3 is 0 Å². The van der Waals surface area contributed by atoms with Gasteiger partial charge in [-0.1, -0.05) is 0 Å². The Morgan fingerprint density at radius 1 is 1.24 bits per heavy atom. The molecule has 5 heteroatoms. The minimum absolute atomic E-state index is 0.00746. The van der Waals surface area contributed by atoms with Crippen LogP contribution in [-0.4, -0.2) is 19.1 Å². The lowest BCUT2D eigenvalue weighted by atomic mass is 10.1.